The van der Waals surface area contributed by atoms with Crippen LogP contribution in [0.3, 0.4) is 0 Å². The van der Waals surface area contributed by atoms with Crippen LogP contribution in [0.15, 0.2) is 12.3 Å². The van der Waals surface area contributed by atoms with Gasteiger partial charge in [0.05, 0.1) is 19.0 Å². The van der Waals surface area contributed by atoms with Gasteiger partial charge in [-0.25, -0.2) is 18.1 Å². The van der Waals surface area contributed by atoms with Gasteiger partial charge in [-0.05, 0) is 63.1 Å². The lowest BCUT2D eigenvalue weighted by atomic mass is 9.81. The summed E-state index contributed by atoms with van der Waals surface area (Å²) < 4.78 is 37.4. The van der Waals surface area contributed by atoms with Gasteiger partial charge in [0.1, 0.15) is 6.61 Å². The third-order valence-electron chi connectivity index (χ3n) is 5.77. The molecule has 0 radical (unpaired) electrons. The minimum atomic E-state index is -3.22. The van der Waals surface area contributed by atoms with Crippen LogP contribution in [0.25, 0.3) is 0 Å². The lowest BCUT2D eigenvalue weighted by Crippen LogP contribution is -2.46. The van der Waals surface area contributed by atoms with Crippen LogP contribution in [0.1, 0.15) is 49.1 Å². The van der Waals surface area contributed by atoms with E-state index in [1.807, 2.05) is 13.0 Å². The van der Waals surface area contributed by atoms with E-state index in [0.717, 1.165) is 56.1 Å². The van der Waals surface area contributed by atoms with Crippen LogP contribution in [0.4, 0.5) is 0 Å². The smallest absolute Gasteiger partial charge is 0.217 e. The summed E-state index contributed by atoms with van der Waals surface area (Å²) in [7, 11) is -3.22. The Hall–Kier alpha value is -1.55. The molecule has 29 heavy (non-hydrogen) atoms. The van der Waals surface area contributed by atoms with Gasteiger partial charge in [0.15, 0.2) is 6.29 Å². The Balaban J connectivity index is 1.52. The standard InChI is InChI=1S/C20H31N3O5S/c1-14-7-9-22-20(27-12-11-24)19(14)15-3-5-16(6-4-15)28-13-18-17(8-10-21-18)23-29(2,25)26/h7,9,11,15-18,21,23H,3-6,8,10,12-13H2,1-2H3/t15?,16?,17-,18?/m0/s1. The second kappa shape index (κ2) is 9.97. The van der Waals surface area contributed by atoms with Crippen molar-refractivity contribution in [1.29, 1.82) is 0 Å². The highest BCUT2D eigenvalue weighted by Gasteiger charge is 2.31. The van der Waals surface area contributed by atoms with Gasteiger partial charge in [0, 0.05) is 23.8 Å². The number of carbonyl (C=O) groups is 1. The number of pyridine rings is 1. The molecule has 0 bridgehead atoms. The number of sulfonamides is 1. The first-order chi connectivity index (χ1) is 13.9. The van der Waals surface area contributed by atoms with Gasteiger partial charge >= 0.3 is 0 Å². The zero-order valence-corrected chi connectivity index (χ0v) is 17.9. The van der Waals surface area contributed by atoms with E-state index < -0.39 is 10.0 Å². The highest BCUT2D eigenvalue weighted by Crippen LogP contribution is 2.39. The summed E-state index contributed by atoms with van der Waals surface area (Å²) in [6.07, 6.45) is 8.39. The third-order valence-corrected chi connectivity index (χ3v) is 6.50. The number of hydrogen-bond acceptors (Lipinski definition) is 7. The van der Waals surface area contributed by atoms with Gasteiger partial charge in [0.25, 0.3) is 0 Å². The monoisotopic (exact) mass is 425 g/mol. The summed E-state index contributed by atoms with van der Waals surface area (Å²) in [4.78, 5) is 15.0. The highest BCUT2D eigenvalue weighted by atomic mass is 32.2. The molecular formula is C20H31N3O5S. The van der Waals surface area contributed by atoms with Crippen LogP contribution >= 0.6 is 0 Å². The normalized spacial score (nSPS) is 27.7. The van der Waals surface area contributed by atoms with Gasteiger partial charge in [-0.2, -0.15) is 0 Å². The van der Waals surface area contributed by atoms with Gasteiger partial charge in [-0.15, -0.1) is 0 Å². The Bertz CT molecular complexity index is 793. The SMILES string of the molecule is Cc1ccnc(OCC=O)c1C1CCC(OCC2NCC[C@@H]2NS(C)(=O)=O)CC1. The van der Waals surface area contributed by atoms with Crippen LogP contribution in [-0.4, -0.2) is 63.9 Å². The average Bonchev–Trinajstić information content (AvgIpc) is 3.10. The van der Waals surface area contributed by atoms with Crippen molar-refractivity contribution in [2.45, 2.75) is 63.1 Å². The van der Waals surface area contributed by atoms with Crippen LogP contribution in [0.5, 0.6) is 5.88 Å². The molecule has 1 aliphatic heterocycles. The number of carbonyl (C=O) groups excluding carboxylic acids is 1. The number of aromatic nitrogens is 1. The van der Waals surface area contributed by atoms with E-state index in [9.17, 15) is 13.2 Å². The van der Waals surface area contributed by atoms with Crippen molar-refractivity contribution in [2.75, 3.05) is 26.0 Å². The fourth-order valence-corrected chi connectivity index (χ4v) is 5.22. The predicted octanol–water partition coefficient (Wildman–Crippen LogP) is 1.29. The van der Waals surface area contributed by atoms with Crippen molar-refractivity contribution in [2.24, 2.45) is 0 Å². The number of rotatable bonds is 9. The maximum absolute atomic E-state index is 11.5. The van der Waals surface area contributed by atoms with Gasteiger partial charge in [0.2, 0.25) is 15.9 Å². The first kappa shape index (κ1) is 22.1. The minimum absolute atomic E-state index is 0.00589. The van der Waals surface area contributed by atoms with E-state index in [0.29, 0.717) is 18.4 Å². The van der Waals surface area contributed by atoms with E-state index in [1.54, 1.807) is 6.20 Å². The molecule has 162 valence electrons. The summed E-state index contributed by atoms with van der Waals surface area (Å²) in [5.41, 5.74) is 2.23. The molecule has 9 heteroatoms. The molecule has 1 aromatic rings. The van der Waals surface area contributed by atoms with Crippen molar-refractivity contribution in [1.82, 2.24) is 15.0 Å². The molecule has 0 aromatic carbocycles. The lowest BCUT2D eigenvalue weighted by Gasteiger charge is -2.31. The molecule has 2 heterocycles. The first-order valence-corrected chi connectivity index (χ1v) is 12.1. The third kappa shape index (κ3) is 6.21. The van der Waals surface area contributed by atoms with Crippen molar-refractivity contribution in [3.63, 3.8) is 0 Å². The fourth-order valence-electron chi connectivity index (χ4n) is 4.39. The summed E-state index contributed by atoms with van der Waals surface area (Å²) >= 11 is 0. The van der Waals surface area contributed by atoms with Gasteiger partial charge in [-0.1, -0.05) is 0 Å². The predicted molar refractivity (Wildman–Crippen MR) is 110 cm³/mol. The van der Waals surface area contributed by atoms with E-state index in [4.69, 9.17) is 9.47 Å². The quantitative estimate of drug-likeness (QED) is 0.574. The Morgan fingerprint density at radius 1 is 1.28 bits per heavy atom. The molecule has 2 atom stereocenters. The Morgan fingerprint density at radius 2 is 2.03 bits per heavy atom. The Labute approximate surface area is 172 Å². The molecule has 0 spiro atoms. The maximum Gasteiger partial charge on any atom is 0.217 e. The minimum Gasteiger partial charge on any atom is -0.470 e. The molecule has 2 fully saturated rings. The van der Waals surface area contributed by atoms with Crippen LogP contribution in [0.2, 0.25) is 0 Å². The molecule has 3 rings (SSSR count). The molecule has 0 amide bonds. The molecular weight excluding hydrogens is 394 g/mol. The average molecular weight is 426 g/mol. The molecule has 1 aliphatic carbocycles. The van der Waals surface area contributed by atoms with E-state index in [-0.39, 0.29) is 24.8 Å². The van der Waals surface area contributed by atoms with Gasteiger partial charge in [-0.3, -0.25) is 4.79 Å². The number of aldehydes is 1. The van der Waals surface area contributed by atoms with Crippen molar-refractivity contribution in [3.8, 4) is 5.88 Å². The van der Waals surface area contributed by atoms with Crippen molar-refractivity contribution in [3.05, 3.63) is 23.4 Å². The summed E-state index contributed by atoms with van der Waals surface area (Å²) in [6, 6.07) is 1.87. The molecule has 8 nitrogen and oxygen atoms in total. The van der Waals surface area contributed by atoms with Crippen LogP contribution in [0, 0.1) is 6.92 Å². The number of aryl methyl sites for hydroxylation is 1. The topological polar surface area (TPSA) is 107 Å². The number of ether oxygens (including phenoxy) is 2. The maximum atomic E-state index is 11.5. The second-order valence-corrected chi connectivity index (χ2v) is 9.76. The highest BCUT2D eigenvalue weighted by molar-refractivity contribution is 7.88. The number of hydrogen-bond donors (Lipinski definition) is 2. The summed E-state index contributed by atoms with van der Waals surface area (Å²) in [5, 5.41) is 3.33. The van der Waals surface area contributed by atoms with E-state index in [1.165, 1.54) is 6.26 Å². The first-order valence-electron chi connectivity index (χ1n) is 10.2. The molecule has 1 unspecified atom stereocenters. The van der Waals surface area contributed by atoms with Crippen molar-refractivity contribution >= 4 is 16.3 Å². The fraction of sp³-hybridized carbons (Fsp3) is 0.700. The molecule has 2 N–H and O–H groups in total. The van der Waals surface area contributed by atoms with Crippen molar-refractivity contribution < 1.29 is 22.7 Å². The van der Waals surface area contributed by atoms with E-state index in [2.05, 4.69) is 15.0 Å². The zero-order valence-electron chi connectivity index (χ0n) is 17.1. The summed E-state index contributed by atoms with van der Waals surface area (Å²) in [6.45, 7) is 3.35. The molecule has 1 saturated heterocycles. The Kier molecular flexibility index (Phi) is 7.61. The lowest BCUT2D eigenvalue weighted by molar-refractivity contribution is -0.109. The summed E-state index contributed by atoms with van der Waals surface area (Å²) in [5.74, 6) is 0.903. The molecule has 2 aliphatic rings. The van der Waals surface area contributed by atoms with E-state index >= 15 is 0 Å². The second-order valence-electron chi connectivity index (χ2n) is 7.98. The van der Waals surface area contributed by atoms with Crippen LogP contribution in [-0.2, 0) is 19.6 Å². The molecule has 1 aromatic heterocycles. The number of nitrogens with one attached hydrogen (secondary N) is 2. The zero-order chi connectivity index (χ0) is 20.9. The number of nitrogens with zero attached hydrogens (tertiary/aromatic N) is 1. The van der Waals surface area contributed by atoms with Crippen LogP contribution < -0.4 is 14.8 Å². The largest absolute Gasteiger partial charge is 0.470 e. The Morgan fingerprint density at radius 3 is 2.72 bits per heavy atom. The van der Waals surface area contributed by atoms with Gasteiger partial charge < -0.3 is 14.8 Å². The molecule has 1 saturated carbocycles.